The van der Waals surface area contributed by atoms with Crippen LogP contribution in [-0.4, -0.2) is 14.2 Å². The molecule has 2 rings (SSSR count). The molecule has 0 bridgehead atoms. The molecule has 0 spiro atoms. The van der Waals surface area contributed by atoms with E-state index < -0.39 is 0 Å². The number of benzene rings is 1. The summed E-state index contributed by atoms with van der Waals surface area (Å²) < 4.78 is 11.7. The fourth-order valence-electron chi connectivity index (χ4n) is 4.62. The van der Waals surface area contributed by atoms with Crippen molar-refractivity contribution < 1.29 is 9.47 Å². The van der Waals surface area contributed by atoms with Crippen molar-refractivity contribution in [3.63, 3.8) is 0 Å². The number of unbranched alkanes of at least 4 members (excludes halogenated alkanes) is 2. The van der Waals surface area contributed by atoms with Crippen LogP contribution in [0.1, 0.15) is 83.3 Å². The first-order valence-corrected chi connectivity index (χ1v) is 10.3. The molecule has 1 aliphatic rings. The summed E-state index contributed by atoms with van der Waals surface area (Å²) in [6.45, 7) is 9.37. The largest absolute Gasteiger partial charge is 0.496 e. The Morgan fingerprint density at radius 3 is 2.20 bits per heavy atom. The van der Waals surface area contributed by atoms with E-state index in [4.69, 9.17) is 9.47 Å². The minimum atomic E-state index is 0.540. The number of hydrogen-bond acceptors (Lipinski definition) is 2. The zero-order valence-corrected chi connectivity index (χ0v) is 17.2. The van der Waals surface area contributed by atoms with Gasteiger partial charge in [0.1, 0.15) is 11.5 Å². The molecule has 2 heteroatoms. The standard InChI is InChI=1S/C23H38O2/c1-7-8-9-10-18-14-21(24-5)23(22(15-18)25-6)20-13-17(4)11-12-19(20)16(2)3/h14-17,19-20H,7-13H2,1-6H3/t17-,19-,20+/m0/s1. The summed E-state index contributed by atoms with van der Waals surface area (Å²) in [5.41, 5.74) is 2.66. The van der Waals surface area contributed by atoms with Crippen LogP contribution in [0.25, 0.3) is 0 Å². The summed E-state index contributed by atoms with van der Waals surface area (Å²) in [7, 11) is 3.62. The molecule has 0 amide bonds. The second-order valence-corrected chi connectivity index (χ2v) is 8.30. The highest BCUT2D eigenvalue weighted by Crippen LogP contribution is 2.50. The second-order valence-electron chi connectivity index (χ2n) is 8.30. The molecule has 0 unspecified atom stereocenters. The van der Waals surface area contributed by atoms with E-state index in [0.717, 1.165) is 23.8 Å². The van der Waals surface area contributed by atoms with E-state index in [1.807, 2.05) is 14.2 Å². The van der Waals surface area contributed by atoms with E-state index in [1.54, 1.807) is 0 Å². The Hall–Kier alpha value is -1.18. The van der Waals surface area contributed by atoms with Gasteiger partial charge < -0.3 is 9.47 Å². The van der Waals surface area contributed by atoms with Gasteiger partial charge in [-0.2, -0.15) is 0 Å². The highest BCUT2D eigenvalue weighted by atomic mass is 16.5. The van der Waals surface area contributed by atoms with Gasteiger partial charge >= 0.3 is 0 Å². The average molecular weight is 347 g/mol. The van der Waals surface area contributed by atoms with E-state index in [2.05, 4.69) is 39.8 Å². The van der Waals surface area contributed by atoms with Crippen LogP contribution in [0.5, 0.6) is 11.5 Å². The molecule has 25 heavy (non-hydrogen) atoms. The van der Waals surface area contributed by atoms with Gasteiger partial charge in [0.25, 0.3) is 0 Å². The first-order valence-electron chi connectivity index (χ1n) is 10.3. The van der Waals surface area contributed by atoms with Crippen molar-refractivity contribution in [3.05, 3.63) is 23.3 Å². The van der Waals surface area contributed by atoms with Crippen molar-refractivity contribution in [3.8, 4) is 11.5 Å². The molecule has 0 radical (unpaired) electrons. The van der Waals surface area contributed by atoms with Crippen LogP contribution in [0, 0.1) is 17.8 Å². The molecule has 3 atom stereocenters. The maximum Gasteiger partial charge on any atom is 0.126 e. The summed E-state index contributed by atoms with van der Waals surface area (Å²) in [6.07, 6.45) is 8.77. The van der Waals surface area contributed by atoms with Gasteiger partial charge in [0, 0.05) is 5.56 Å². The third-order valence-corrected chi connectivity index (χ3v) is 6.07. The van der Waals surface area contributed by atoms with Crippen molar-refractivity contribution in [2.45, 2.75) is 78.6 Å². The fourth-order valence-corrected chi connectivity index (χ4v) is 4.62. The highest BCUT2D eigenvalue weighted by Gasteiger charge is 2.35. The van der Waals surface area contributed by atoms with Crippen LogP contribution >= 0.6 is 0 Å². The molecular weight excluding hydrogens is 308 g/mol. The topological polar surface area (TPSA) is 18.5 Å². The first kappa shape index (κ1) is 20.1. The number of rotatable bonds is 8. The third kappa shape index (κ3) is 4.92. The second kappa shape index (κ2) is 9.50. The van der Waals surface area contributed by atoms with E-state index in [9.17, 15) is 0 Å². The normalized spacial score (nSPS) is 23.7. The summed E-state index contributed by atoms with van der Waals surface area (Å²) in [4.78, 5) is 0. The Morgan fingerprint density at radius 1 is 1.04 bits per heavy atom. The van der Waals surface area contributed by atoms with Crippen molar-refractivity contribution in [2.24, 2.45) is 17.8 Å². The molecule has 1 saturated carbocycles. The Kier molecular flexibility index (Phi) is 7.65. The van der Waals surface area contributed by atoms with Crippen LogP contribution in [0.2, 0.25) is 0 Å². The molecule has 0 N–H and O–H groups in total. The van der Waals surface area contributed by atoms with Gasteiger partial charge in [0.05, 0.1) is 14.2 Å². The van der Waals surface area contributed by atoms with Crippen LogP contribution in [0.4, 0.5) is 0 Å². The molecule has 1 fully saturated rings. The molecule has 0 aromatic heterocycles. The van der Waals surface area contributed by atoms with E-state index in [1.165, 1.54) is 49.7 Å². The van der Waals surface area contributed by atoms with Gasteiger partial charge in [0.2, 0.25) is 0 Å². The number of hydrogen-bond donors (Lipinski definition) is 0. The summed E-state index contributed by atoms with van der Waals surface area (Å²) >= 11 is 0. The molecule has 1 aromatic rings. The zero-order valence-electron chi connectivity index (χ0n) is 17.2. The SMILES string of the molecule is CCCCCc1cc(OC)c([C@@H]2C[C@@H](C)CC[C@H]2C(C)C)c(OC)c1. The predicted molar refractivity (Wildman–Crippen MR) is 107 cm³/mol. The molecule has 1 aliphatic carbocycles. The van der Waals surface area contributed by atoms with Crippen LogP contribution in [0.15, 0.2) is 12.1 Å². The summed E-state index contributed by atoms with van der Waals surface area (Å²) in [6, 6.07) is 4.54. The van der Waals surface area contributed by atoms with Crippen LogP contribution in [0.3, 0.4) is 0 Å². The van der Waals surface area contributed by atoms with Gasteiger partial charge in [-0.25, -0.2) is 0 Å². The van der Waals surface area contributed by atoms with Gasteiger partial charge in [-0.3, -0.25) is 0 Å². The summed E-state index contributed by atoms with van der Waals surface area (Å²) in [5.74, 6) is 4.80. The predicted octanol–water partition coefficient (Wildman–Crippen LogP) is 6.61. The lowest BCUT2D eigenvalue weighted by Gasteiger charge is -2.39. The molecule has 0 heterocycles. The number of aryl methyl sites for hydroxylation is 1. The third-order valence-electron chi connectivity index (χ3n) is 6.07. The molecular formula is C23H38O2. The highest BCUT2D eigenvalue weighted by molar-refractivity contribution is 5.51. The molecule has 2 nitrogen and oxygen atoms in total. The summed E-state index contributed by atoms with van der Waals surface area (Å²) in [5, 5.41) is 0. The van der Waals surface area contributed by atoms with Gasteiger partial charge in [-0.1, -0.05) is 47.0 Å². The number of ether oxygens (including phenoxy) is 2. The quantitative estimate of drug-likeness (QED) is 0.493. The monoisotopic (exact) mass is 346 g/mol. The van der Waals surface area contributed by atoms with E-state index >= 15 is 0 Å². The Morgan fingerprint density at radius 2 is 1.68 bits per heavy atom. The lowest BCUT2D eigenvalue weighted by Crippen LogP contribution is -2.27. The van der Waals surface area contributed by atoms with Crippen LogP contribution in [-0.2, 0) is 6.42 Å². The average Bonchev–Trinajstić information content (AvgIpc) is 2.60. The van der Waals surface area contributed by atoms with Gasteiger partial charge in [-0.05, 0) is 67.1 Å². The minimum Gasteiger partial charge on any atom is -0.496 e. The molecule has 0 saturated heterocycles. The fraction of sp³-hybridized carbons (Fsp3) is 0.739. The molecule has 1 aromatic carbocycles. The minimum absolute atomic E-state index is 0.540. The van der Waals surface area contributed by atoms with E-state index in [0.29, 0.717) is 17.8 Å². The lowest BCUT2D eigenvalue weighted by atomic mass is 9.67. The maximum atomic E-state index is 5.87. The van der Waals surface area contributed by atoms with Gasteiger partial charge in [0.15, 0.2) is 0 Å². The van der Waals surface area contributed by atoms with Crippen molar-refractivity contribution >= 4 is 0 Å². The Labute approximate surface area is 155 Å². The van der Waals surface area contributed by atoms with Crippen molar-refractivity contribution in [1.82, 2.24) is 0 Å². The van der Waals surface area contributed by atoms with Crippen molar-refractivity contribution in [1.29, 1.82) is 0 Å². The number of methoxy groups -OCH3 is 2. The van der Waals surface area contributed by atoms with Crippen LogP contribution < -0.4 is 9.47 Å². The zero-order chi connectivity index (χ0) is 18.4. The lowest BCUT2D eigenvalue weighted by molar-refractivity contribution is 0.191. The maximum absolute atomic E-state index is 5.87. The van der Waals surface area contributed by atoms with Gasteiger partial charge in [-0.15, -0.1) is 0 Å². The smallest absolute Gasteiger partial charge is 0.126 e. The van der Waals surface area contributed by atoms with Crippen molar-refractivity contribution in [2.75, 3.05) is 14.2 Å². The first-order chi connectivity index (χ1) is 12.0. The Bertz CT molecular complexity index is 510. The Balaban J connectivity index is 2.39. The molecule has 0 aliphatic heterocycles. The van der Waals surface area contributed by atoms with E-state index in [-0.39, 0.29) is 0 Å². The molecule has 142 valence electrons.